The van der Waals surface area contributed by atoms with Gasteiger partial charge in [-0.25, -0.2) is 8.42 Å². The van der Waals surface area contributed by atoms with Crippen LogP contribution in [-0.4, -0.2) is 31.9 Å². The Balaban J connectivity index is 1.91. The fourth-order valence-corrected chi connectivity index (χ4v) is 5.11. The lowest BCUT2D eigenvalue weighted by atomic mass is 10.0. The normalized spacial score (nSPS) is 28.0. The van der Waals surface area contributed by atoms with E-state index in [0.29, 0.717) is 5.69 Å². The van der Waals surface area contributed by atoms with Gasteiger partial charge >= 0.3 is 6.18 Å². The molecule has 0 unspecified atom stereocenters. The highest BCUT2D eigenvalue weighted by Crippen LogP contribution is 2.38. The van der Waals surface area contributed by atoms with Gasteiger partial charge in [0.2, 0.25) is 5.91 Å². The Morgan fingerprint density at radius 2 is 1.71 bits per heavy atom. The average Bonchev–Trinajstić information content (AvgIpc) is 2.78. The van der Waals surface area contributed by atoms with Crippen molar-refractivity contribution in [3.8, 4) is 0 Å². The van der Waals surface area contributed by atoms with Gasteiger partial charge in [-0.1, -0.05) is 0 Å². The van der Waals surface area contributed by atoms with Crippen molar-refractivity contribution in [1.82, 2.24) is 0 Å². The molecule has 2 fully saturated rings. The number of carbonyl (C=O) groups is 1. The fraction of sp³-hybridized carbons (Fsp3) is 0.462. The summed E-state index contributed by atoms with van der Waals surface area (Å²) in [6.07, 6.45) is -4.31. The van der Waals surface area contributed by atoms with Gasteiger partial charge in [0.05, 0.1) is 23.1 Å². The third-order valence-electron chi connectivity index (χ3n) is 3.95. The fourth-order valence-electron chi connectivity index (χ4n) is 3.04. The van der Waals surface area contributed by atoms with E-state index < -0.39 is 27.6 Å². The van der Waals surface area contributed by atoms with E-state index >= 15 is 0 Å². The van der Waals surface area contributed by atoms with Crippen molar-refractivity contribution in [2.75, 3.05) is 16.4 Å². The number of amides is 1. The smallest absolute Gasteiger partial charge is 0.308 e. The zero-order chi connectivity index (χ0) is 15.4. The third kappa shape index (κ3) is 2.52. The van der Waals surface area contributed by atoms with Gasteiger partial charge in [-0.2, -0.15) is 13.2 Å². The Bertz CT molecular complexity index is 682. The van der Waals surface area contributed by atoms with Crippen LogP contribution in [0.4, 0.5) is 18.9 Å². The van der Waals surface area contributed by atoms with Gasteiger partial charge in [0.25, 0.3) is 0 Å². The van der Waals surface area contributed by atoms with Crippen LogP contribution in [0.25, 0.3) is 0 Å². The molecule has 1 amide bonds. The molecule has 8 heteroatoms. The second kappa shape index (κ2) is 4.46. The number of sulfone groups is 1. The van der Waals surface area contributed by atoms with Crippen molar-refractivity contribution < 1.29 is 26.4 Å². The second-order valence-electron chi connectivity index (χ2n) is 5.42. The molecule has 0 aliphatic carbocycles. The summed E-state index contributed by atoms with van der Waals surface area (Å²) in [6.45, 7) is 0. The molecule has 0 radical (unpaired) electrons. The van der Waals surface area contributed by atoms with Gasteiger partial charge in [0, 0.05) is 18.0 Å². The Morgan fingerprint density at radius 1 is 1.10 bits per heavy atom. The molecule has 114 valence electrons. The number of halogens is 3. The molecule has 0 bridgehead atoms. The summed E-state index contributed by atoms with van der Waals surface area (Å²) in [6, 6.07) is 3.78. The van der Waals surface area contributed by atoms with Crippen molar-refractivity contribution in [2.24, 2.45) is 5.92 Å². The number of hydrogen-bond donors (Lipinski definition) is 0. The molecule has 4 nitrogen and oxygen atoms in total. The van der Waals surface area contributed by atoms with Crippen LogP contribution in [0, 0.1) is 5.92 Å². The van der Waals surface area contributed by atoms with Gasteiger partial charge in [-0.05, 0) is 24.3 Å². The number of alkyl halides is 3. The topological polar surface area (TPSA) is 54.5 Å². The molecule has 2 aliphatic rings. The maximum Gasteiger partial charge on any atom is 0.416 e. The summed E-state index contributed by atoms with van der Waals surface area (Å²) in [5.41, 5.74) is -0.480. The summed E-state index contributed by atoms with van der Waals surface area (Å²) in [7, 11) is -3.18. The number of carbonyl (C=O) groups excluding carboxylic acids is 1. The van der Waals surface area contributed by atoms with Gasteiger partial charge < -0.3 is 4.90 Å². The molecule has 2 atom stereocenters. The molecule has 0 spiro atoms. The zero-order valence-electron chi connectivity index (χ0n) is 10.8. The first-order valence-corrected chi connectivity index (χ1v) is 8.19. The molecule has 0 N–H and O–H groups in total. The minimum atomic E-state index is -4.44. The third-order valence-corrected chi connectivity index (χ3v) is 5.73. The minimum absolute atomic E-state index is 0.0272. The quantitative estimate of drug-likeness (QED) is 0.794. The van der Waals surface area contributed by atoms with Crippen LogP contribution in [0.5, 0.6) is 0 Å². The van der Waals surface area contributed by atoms with Crippen molar-refractivity contribution in [3.63, 3.8) is 0 Å². The first-order chi connectivity index (χ1) is 9.67. The summed E-state index contributed by atoms with van der Waals surface area (Å²) < 4.78 is 60.8. The van der Waals surface area contributed by atoms with E-state index in [2.05, 4.69) is 0 Å². The highest BCUT2D eigenvalue weighted by molar-refractivity contribution is 7.91. The van der Waals surface area contributed by atoms with E-state index in [9.17, 15) is 26.4 Å². The largest absolute Gasteiger partial charge is 0.416 e. The predicted molar refractivity (Wildman–Crippen MR) is 69.5 cm³/mol. The highest BCUT2D eigenvalue weighted by atomic mass is 32.2. The Labute approximate surface area is 119 Å². The van der Waals surface area contributed by atoms with Gasteiger partial charge in [-0.3, -0.25) is 4.79 Å². The first kappa shape index (κ1) is 14.4. The van der Waals surface area contributed by atoms with Crippen LogP contribution in [-0.2, 0) is 20.8 Å². The molecule has 3 rings (SSSR count). The maximum atomic E-state index is 12.5. The van der Waals surface area contributed by atoms with E-state index in [4.69, 9.17) is 0 Å². The Hall–Kier alpha value is -1.57. The minimum Gasteiger partial charge on any atom is -0.308 e. The van der Waals surface area contributed by atoms with Crippen LogP contribution in [0.1, 0.15) is 12.0 Å². The lowest BCUT2D eigenvalue weighted by Gasteiger charge is -2.23. The molecule has 2 aliphatic heterocycles. The predicted octanol–water partition coefficient (Wildman–Crippen LogP) is 1.86. The van der Waals surface area contributed by atoms with Crippen LogP contribution in [0.2, 0.25) is 0 Å². The van der Waals surface area contributed by atoms with Gasteiger partial charge in [-0.15, -0.1) is 0 Å². The maximum absolute atomic E-state index is 12.5. The SMILES string of the molecule is O=C1C[C@@H]2CS(=O)(=O)C[C@H]2N1c1ccc(C(F)(F)F)cc1. The Kier molecular flexibility index (Phi) is 3.05. The number of benzene rings is 1. The molecule has 0 aromatic heterocycles. The number of anilines is 1. The Morgan fingerprint density at radius 3 is 2.29 bits per heavy atom. The standard InChI is InChI=1S/C13H12F3NO3S/c14-13(15,16)9-1-3-10(4-2-9)17-11-7-21(19,20)6-8(11)5-12(17)18/h1-4,8,11H,5-7H2/t8-,11-/m1/s1. The second-order valence-corrected chi connectivity index (χ2v) is 7.57. The lowest BCUT2D eigenvalue weighted by Crippen LogP contribution is -2.36. The number of hydrogen-bond acceptors (Lipinski definition) is 3. The van der Waals surface area contributed by atoms with E-state index in [-0.39, 0.29) is 29.8 Å². The van der Waals surface area contributed by atoms with Gasteiger partial charge in [0.1, 0.15) is 0 Å². The summed E-state index contributed by atoms with van der Waals surface area (Å²) in [5.74, 6) is -0.644. The first-order valence-electron chi connectivity index (χ1n) is 6.37. The summed E-state index contributed by atoms with van der Waals surface area (Å²) >= 11 is 0. The summed E-state index contributed by atoms with van der Waals surface area (Å²) in [4.78, 5) is 13.3. The van der Waals surface area contributed by atoms with Gasteiger partial charge in [0.15, 0.2) is 9.84 Å². The van der Waals surface area contributed by atoms with Crippen LogP contribution < -0.4 is 4.90 Å². The molecule has 0 saturated carbocycles. The molecule has 21 heavy (non-hydrogen) atoms. The van der Waals surface area contributed by atoms with Crippen molar-refractivity contribution >= 4 is 21.4 Å². The number of rotatable bonds is 1. The molecule has 2 saturated heterocycles. The molecule has 2 heterocycles. The molecular formula is C13H12F3NO3S. The number of fused-ring (bicyclic) bond motifs is 1. The molecular weight excluding hydrogens is 307 g/mol. The molecule has 1 aromatic carbocycles. The van der Waals surface area contributed by atoms with E-state index in [0.717, 1.165) is 12.1 Å². The molecule has 1 aromatic rings. The number of nitrogens with zero attached hydrogens (tertiary/aromatic N) is 1. The van der Waals surface area contributed by atoms with E-state index in [1.165, 1.54) is 17.0 Å². The van der Waals surface area contributed by atoms with Crippen molar-refractivity contribution in [1.29, 1.82) is 0 Å². The highest BCUT2D eigenvalue weighted by Gasteiger charge is 2.49. The van der Waals surface area contributed by atoms with Crippen molar-refractivity contribution in [2.45, 2.75) is 18.6 Å². The van der Waals surface area contributed by atoms with Crippen molar-refractivity contribution in [3.05, 3.63) is 29.8 Å². The van der Waals surface area contributed by atoms with E-state index in [1.54, 1.807) is 0 Å². The monoisotopic (exact) mass is 319 g/mol. The van der Waals surface area contributed by atoms with Crippen LogP contribution in [0.15, 0.2) is 24.3 Å². The average molecular weight is 319 g/mol. The lowest BCUT2D eigenvalue weighted by molar-refractivity contribution is -0.137. The van der Waals surface area contributed by atoms with Crippen LogP contribution in [0.3, 0.4) is 0 Å². The van der Waals surface area contributed by atoms with Crippen LogP contribution >= 0.6 is 0 Å². The summed E-state index contributed by atoms with van der Waals surface area (Å²) in [5, 5.41) is 0. The zero-order valence-corrected chi connectivity index (χ0v) is 11.6. The van der Waals surface area contributed by atoms with E-state index in [1.807, 2.05) is 0 Å².